The number of ether oxygens (including phenoxy) is 1. The van der Waals surface area contributed by atoms with Gasteiger partial charge >= 0.3 is 0 Å². The number of amides is 1. The van der Waals surface area contributed by atoms with E-state index in [0.717, 1.165) is 18.4 Å². The largest absolute Gasteiger partial charge is 0.497 e. The lowest BCUT2D eigenvalue weighted by molar-refractivity contribution is 0.0953. The molecule has 0 aromatic heterocycles. The summed E-state index contributed by atoms with van der Waals surface area (Å²) in [5.41, 5.74) is 1.34. The van der Waals surface area contributed by atoms with Crippen molar-refractivity contribution in [3.63, 3.8) is 0 Å². The van der Waals surface area contributed by atoms with Crippen LogP contribution in [0.4, 0.5) is 0 Å². The Labute approximate surface area is 173 Å². The SMILES string of the molecule is C=CCN(Cc1ccc(C(=O)NCCCC)cc1)S(=O)(=O)c1ccc(OC)cc1. The van der Waals surface area contributed by atoms with Gasteiger partial charge in [0, 0.05) is 25.2 Å². The molecular formula is C22H28N2O4S. The lowest BCUT2D eigenvalue weighted by Crippen LogP contribution is -2.31. The van der Waals surface area contributed by atoms with Crippen LogP contribution in [0, 0.1) is 0 Å². The number of methoxy groups -OCH3 is 1. The molecule has 0 bridgehead atoms. The van der Waals surface area contributed by atoms with Gasteiger partial charge in [-0.15, -0.1) is 6.58 Å². The first-order valence-electron chi connectivity index (χ1n) is 9.54. The van der Waals surface area contributed by atoms with Crippen molar-refractivity contribution in [1.29, 1.82) is 0 Å². The highest BCUT2D eigenvalue weighted by atomic mass is 32.2. The smallest absolute Gasteiger partial charge is 0.251 e. The molecule has 0 unspecified atom stereocenters. The van der Waals surface area contributed by atoms with Crippen LogP contribution in [-0.2, 0) is 16.6 Å². The lowest BCUT2D eigenvalue weighted by Gasteiger charge is -2.21. The molecule has 0 aliphatic carbocycles. The van der Waals surface area contributed by atoms with Crippen LogP contribution in [-0.4, -0.2) is 38.8 Å². The molecular weight excluding hydrogens is 388 g/mol. The van der Waals surface area contributed by atoms with Gasteiger partial charge < -0.3 is 10.1 Å². The van der Waals surface area contributed by atoms with Crippen LogP contribution >= 0.6 is 0 Å². The van der Waals surface area contributed by atoms with E-state index in [0.29, 0.717) is 17.9 Å². The summed E-state index contributed by atoms with van der Waals surface area (Å²) in [7, 11) is -2.17. The number of nitrogens with zero attached hydrogens (tertiary/aromatic N) is 1. The number of carbonyl (C=O) groups excluding carboxylic acids is 1. The summed E-state index contributed by atoms with van der Waals surface area (Å²) in [5.74, 6) is 0.464. The van der Waals surface area contributed by atoms with E-state index in [1.807, 2.05) is 0 Å². The molecule has 29 heavy (non-hydrogen) atoms. The second-order valence-corrected chi connectivity index (χ2v) is 8.51. The number of hydrogen-bond acceptors (Lipinski definition) is 4. The van der Waals surface area contributed by atoms with Gasteiger partial charge in [0.1, 0.15) is 5.75 Å². The molecule has 0 aliphatic rings. The van der Waals surface area contributed by atoms with Crippen LogP contribution in [0.1, 0.15) is 35.7 Å². The van der Waals surface area contributed by atoms with E-state index >= 15 is 0 Å². The summed E-state index contributed by atoms with van der Waals surface area (Å²) in [6.45, 7) is 6.73. The molecule has 0 atom stereocenters. The van der Waals surface area contributed by atoms with E-state index in [9.17, 15) is 13.2 Å². The van der Waals surface area contributed by atoms with Gasteiger partial charge in [0.25, 0.3) is 5.91 Å². The van der Waals surface area contributed by atoms with E-state index in [2.05, 4.69) is 18.8 Å². The topological polar surface area (TPSA) is 75.7 Å². The second-order valence-electron chi connectivity index (χ2n) is 6.57. The van der Waals surface area contributed by atoms with E-state index in [-0.39, 0.29) is 23.9 Å². The van der Waals surface area contributed by atoms with Crippen molar-refractivity contribution in [3.05, 3.63) is 72.3 Å². The third-order valence-corrected chi connectivity index (χ3v) is 6.25. The van der Waals surface area contributed by atoms with Crippen molar-refractivity contribution < 1.29 is 17.9 Å². The lowest BCUT2D eigenvalue weighted by atomic mass is 10.1. The minimum absolute atomic E-state index is 0.126. The van der Waals surface area contributed by atoms with Crippen molar-refractivity contribution >= 4 is 15.9 Å². The second kappa shape index (κ2) is 10.8. The Kier molecular flexibility index (Phi) is 8.42. The number of nitrogens with one attached hydrogen (secondary N) is 1. The van der Waals surface area contributed by atoms with Crippen LogP contribution in [0.2, 0.25) is 0 Å². The molecule has 1 amide bonds. The summed E-state index contributed by atoms with van der Waals surface area (Å²) in [6.07, 6.45) is 3.50. The van der Waals surface area contributed by atoms with Crippen LogP contribution in [0.25, 0.3) is 0 Å². The normalized spacial score (nSPS) is 11.3. The summed E-state index contributed by atoms with van der Waals surface area (Å²) in [4.78, 5) is 12.3. The zero-order valence-electron chi connectivity index (χ0n) is 16.9. The van der Waals surface area contributed by atoms with Crippen molar-refractivity contribution in [2.24, 2.45) is 0 Å². The number of unbranched alkanes of at least 4 members (excludes halogenated alkanes) is 1. The zero-order valence-corrected chi connectivity index (χ0v) is 17.7. The van der Waals surface area contributed by atoms with Crippen LogP contribution in [0.15, 0.2) is 66.1 Å². The summed E-state index contributed by atoms with van der Waals surface area (Å²) in [6, 6.07) is 13.2. The average molecular weight is 417 g/mol. The molecule has 2 rings (SSSR count). The van der Waals surface area contributed by atoms with Crippen molar-refractivity contribution in [2.75, 3.05) is 20.2 Å². The number of sulfonamides is 1. The predicted molar refractivity (Wildman–Crippen MR) is 114 cm³/mol. The highest BCUT2D eigenvalue weighted by Crippen LogP contribution is 2.21. The molecule has 6 nitrogen and oxygen atoms in total. The molecule has 0 fully saturated rings. The van der Waals surface area contributed by atoms with Crippen molar-refractivity contribution in [3.8, 4) is 5.75 Å². The molecule has 0 heterocycles. The van der Waals surface area contributed by atoms with Crippen LogP contribution < -0.4 is 10.1 Å². The number of carbonyl (C=O) groups is 1. The third kappa shape index (κ3) is 6.17. The molecule has 7 heteroatoms. The summed E-state index contributed by atoms with van der Waals surface area (Å²) >= 11 is 0. The number of hydrogen-bond donors (Lipinski definition) is 1. The maximum Gasteiger partial charge on any atom is 0.251 e. The maximum absolute atomic E-state index is 13.0. The first-order valence-corrected chi connectivity index (χ1v) is 11.0. The highest BCUT2D eigenvalue weighted by Gasteiger charge is 2.23. The van der Waals surface area contributed by atoms with Gasteiger partial charge in [-0.2, -0.15) is 4.31 Å². The molecule has 0 saturated carbocycles. The summed E-state index contributed by atoms with van der Waals surface area (Å²) in [5, 5.41) is 2.87. The van der Waals surface area contributed by atoms with E-state index < -0.39 is 10.0 Å². The Hall–Kier alpha value is -2.64. The van der Waals surface area contributed by atoms with E-state index in [4.69, 9.17) is 4.74 Å². The molecule has 156 valence electrons. The predicted octanol–water partition coefficient (Wildman–Crippen LogP) is 3.60. The van der Waals surface area contributed by atoms with Gasteiger partial charge in [-0.25, -0.2) is 8.42 Å². The Balaban J connectivity index is 2.15. The van der Waals surface area contributed by atoms with Crippen molar-refractivity contribution in [2.45, 2.75) is 31.2 Å². The standard InChI is InChI=1S/C22H28N2O4S/c1-4-6-15-23-22(25)19-9-7-18(8-10-19)17-24(16-5-2)29(26,27)21-13-11-20(28-3)12-14-21/h5,7-14H,2,4,6,15-17H2,1,3H3,(H,23,25). The Morgan fingerprint density at radius 3 is 2.34 bits per heavy atom. The van der Waals surface area contributed by atoms with E-state index in [1.54, 1.807) is 42.5 Å². The van der Waals surface area contributed by atoms with Gasteiger partial charge in [-0.1, -0.05) is 31.6 Å². The minimum atomic E-state index is -3.70. The van der Waals surface area contributed by atoms with Gasteiger partial charge in [0.2, 0.25) is 10.0 Å². The first kappa shape index (κ1) is 22.6. The zero-order chi connectivity index (χ0) is 21.3. The third-order valence-electron chi connectivity index (χ3n) is 4.42. The molecule has 0 aliphatic heterocycles. The Bertz CT molecular complexity index is 907. The number of benzene rings is 2. The quantitative estimate of drug-likeness (QED) is 0.449. The minimum Gasteiger partial charge on any atom is -0.497 e. The van der Waals surface area contributed by atoms with Gasteiger partial charge in [0.15, 0.2) is 0 Å². The summed E-state index contributed by atoms with van der Waals surface area (Å²) < 4.78 is 32.5. The molecule has 0 saturated heterocycles. The maximum atomic E-state index is 13.0. The Morgan fingerprint density at radius 2 is 1.79 bits per heavy atom. The molecule has 0 spiro atoms. The van der Waals surface area contributed by atoms with Gasteiger partial charge in [-0.05, 0) is 48.4 Å². The molecule has 2 aromatic carbocycles. The first-order chi connectivity index (χ1) is 13.9. The van der Waals surface area contributed by atoms with E-state index in [1.165, 1.54) is 23.5 Å². The van der Waals surface area contributed by atoms with Gasteiger partial charge in [-0.3, -0.25) is 4.79 Å². The molecule has 0 radical (unpaired) electrons. The van der Waals surface area contributed by atoms with Crippen LogP contribution in [0.3, 0.4) is 0 Å². The molecule has 2 aromatic rings. The van der Waals surface area contributed by atoms with Gasteiger partial charge in [0.05, 0.1) is 12.0 Å². The fraction of sp³-hybridized carbons (Fsp3) is 0.318. The molecule has 1 N–H and O–H groups in total. The number of rotatable bonds is 11. The fourth-order valence-electron chi connectivity index (χ4n) is 2.73. The monoisotopic (exact) mass is 416 g/mol. The average Bonchev–Trinajstić information content (AvgIpc) is 2.74. The highest BCUT2D eigenvalue weighted by molar-refractivity contribution is 7.89. The van der Waals surface area contributed by atoms with Crippen molar-refractivity contribution in [1.82, 2.24) is 9.62 Å². The fourth-order valence-corrected chi connectivity index (χ4v) is 4.13. The Morgan fingerprint density at radius 1 is 1.14 bits per heavy atom. The van der Waals surface area contributed by atoms with Crippen LogP contribution in [0.5, 0.6) is 5.75 Å².